The number of nitrogens with one attached hydrogen (secondary N) is 3. The molecule has 3 amide bonds. The number of likely N-dealkylation sites (N-methyl/N-ethyl adjacent to an activating group) is 1. The Kier molecular flexibility index (Phi) is 8.15. The molecule has 8 nitrogen and oxygen atoms in total. The molecule has 37 heavy (non-hydrogen) atoms. The minimum absolute atomic E-state index is 0.00370. The number of carbonyl (C=O) groups is 3. The van der Waals surface area contributed by atoms with Crippen LogP contribution in [-0.2, 0) is 14.4 Å². The summed E-state index contributed by atoms with van der Waals surface area (Å²) in [5.41, 5.74) is 2.59. The van der Waals surface area contributed by atoms with Gasteiger partial charge in [-0.25, -0.2) is 4.39 Å². The van der Waals surface area contributed by atoms with Crippen molar-refractivity contribution in [1.29, 1.82) is 0 Å². The summed E-state index contributed by atoms with van der Waals surface area (Å²) < 4.78 is 18.4. The van der Waals surface area contributed by atoms with Crippen molar-refractivity contribution in [3.63, 3.8) is 0 Å². The first kappa shape index (κ1) is 25.8. The first-order valence-corrected chi connectivity index (χ1v) is 12.0. The summed E-state index contributed by atoms with van der Waals surface area (Å²) in [4.78, 5) is 40.1. The Morgan fingerprint density at radius 2 is 1.70 bits per heavy atom. The van der Waals surface area contributed by atoms with Gasteiger partial charge in [-0.1, -0.05) is 48.5 Å². The third kappa shape index (κ3) is 6.31. The predicted octanol–water partition coefficient (Wildman–Crippen LogP) is 2.90. The maximum Gasteiger partial charge on any atom is 0.264 e. The minimum Gasteiger partial charge on any atom is -0.493 e. The van der Waals surface area contributed by atoms with Gasteiger partial charge < -0.3 is 20.3 Å². The van der Waals surface area contributed by atoms with Gasteiger partial charge in [-0.2, -0.15) is 0 Å². The average Bonchev–Trinajstić information content (AvgIpc) is 3.01. The van der Waals surface area contributed by atoms with E-state index >= 15 is 0 Å². The zero-order valence-corrected chi connectivity index (χ0v) is 20.6. The predicted molar refractivity (Wildman–Crippen MR) is 137 cm³/mol. The molecular weight excluding hydrogens is 475 g/mol. The number of rotatable bonds is 8. The lowest BCUT2D eigenvalue weighted by atomic mass is 9.97. The molecule has 0 fully saturated rings. The van der Waals surface area contributed by atoms with Crippen molar-refractivity contribution in [2.45, 2.75) is 31.6 Å². The molecule has 3 N–H and O–H groups in total. The third-order valence-electron chi connectivity index (χ3n) is 6.12. The van der Waals surface area contributed by atoms with Crippen LogP contribution in [0.25, 0.3) is 0 Å². The average molecular weight is 505 g/mol. The number of anilines is 1. The molecule has 0 bridgehead atoms. The minimum atomic E-state index is -1.02. The van der Waals surface area contributed by atoms with Crippen molar-refractivity contribution in [1.82, 2.24) is 16.0 Å². The van der Waals surface area contributed by atoms with E-state index in [9.17, 15) is 18.8 Å². The van der Waals surface area contributed by atoms with Crippen LogP contribution in [0.1, 0.15) is 30.5 Å². The monoisotopic (exact) mass is 504 g/mol. The standard InChI is InChI=1S/C28H29FN4O4/c1-18(30-24(34)16-17-37-21-14-12-20(29)13-15-21)27(35)32-26-28(36)33(2)23-11-7-6-10-22(23)25(31-26)19-8-4-3-5-9-19/h3-15,18,25-26,31H,16-17H2,1-2H3,(H,30,34)(H,32,35). The Hall–Kier alpha value is -4.24. The van der Waals surface area contributed by atoms with E-state index in [0.29, 0.717) is 5.75 Å². The summed E-state index contributed by atoms with van der Waals surface area (Å²) in [7, 11) is 1.67. The van der Waals surface area contributed by atoms with Crippen LogP contribution in [0.2, 0.25) is 0 Å². The summed E-state index contributed by atoms with van der Waals surface area (Å²) >= 11 is 0. The molecule has 0 aromatic heterocycles. The summed E-state index contributed by atoms with van der Waals surface area (Å²) in [5, 5.41) is 8.65. The molecule has 1 heterocycles. The van der Waals surface area contributed by atoms with E-state index in [4.69, 9.17) is 4.74 Å². The lowest BCUT2D eigenvalue weighted by molar-refractivity contribution is -0.131. The number of fused-ring (bicyclic) bond motifs is 1. The number of hydrogen-bond donors (Lipinski definition) is 3. The van der Waals surface area contributed by atoms with Crippen molar-refractivity contribution >= 4 is 23.4 Å². The van der Waals surface area contributed by atoms with Crippen LogP contribution in [0.15, 0.2) is 78.9 Å². The van der Waals surface area contributed by atoms with Gasteiger partial charge in [0.1, 0.15) is 17.6 Å². The molecule has 192 valence electrons. The third-order valence-corrected chi connectivity index (χ3v) is 6.12. The van der Waals surface area contributed by atoms with Gasteiger partial charge in [0.2, 0.25) is 11.8 Å². The number of carbonyl (C=O) groups excluding carboxylic acids is 3. The SMILES string of the molecule is CC(NC(=O)CCOc1ccc(F)cc1)C(=O)NC1NC(c2ccccc2)c2ccccc2N(C)C1=O. The number of benzene rings is 3. The van der Waals surface area contributed by atoms with Crippen molar-refractivity contribution in [3.05, 3.63) is 95.8 Å². The van der Waals surface area contributed by atoms with Crippen LogP contribution in [0, 0.1) is 5.82 Å². The smallest absolute Gasteiger partial charge is 0.264 e. The van der Waals surface area contributed by atoms with E-state index in [0.717, 1.165) is 16.8 Å². The zero-order valence-electron chi connectivity index (χ0n) is 20.6. The van der Waals surface area contributed by atoms with Crippen molar-refractivity contribution < 1.29 is 23.5 Å². The van der Waals surface area contributed by atoms with E-state index in [1.807, 2.05) is 54.6 Å². The fourth-order valence-corrected chi connectivity index (χ4v) is 4.14. The molecule has 1 aliphatic heterocycles. The molecule has 0 saturated heterocycles. The normalized spacial score (nSPS) is 17.8. The highest BCUT2D eigenvalue weighted by Gasteiger charge is 2.35. The molecule has 3 atom stereocenters. The molecule has 9 heteroatoms. The largest absolute Gasteiger partial charge is 0.493 e. The Balaban J connectivity index is 1.39. The van der Waals surface area contributed by atoms with E-state index in [-0.39, 0.29) is 30.8 Å². The van der Waals surface area contributed by atoms with Gasteiger partial charge in [-0.15, -0.1) is 0 Å². The van der Waals surface area contributed by atoms with Crippen molar-refractivity contribution in [2.75, 3.05) is 18.6 Å². The highest BCUT2D eigenvalue weighted by Crippen LogP contribution is 2.33. The summed E-state index contributed by atoms with van der Waals surface area (Å²) in [6.45, 7) is 1.61. The first-order chi connectivity index (χ1) is 17.8. The Bertz CT molecular complexity index is 1250. The van der Waals surface area contributed by atoms with Crippen LogP contribution in [0.5, 0.6) is 5.75 Å². The molecule has 0 saturated carbocycles. The molecule has 3 aromatic rings. The van der Waals surface area contributed by atoms with Gasteiger partial charge in [-0.05, 0) is 48.4 Å². The zero-order chi connectivity index (χ0) is 26.4. The molecule has 0 radical (unpaired) electrons. The van der Waals surface area contributed by atoms with Gasteiger partial charge in [0, 0.05) is 12.7 Å². The second-order valence-electron chi connectivity index (χ2n) is 8.75. The Morgan fingerprint density at radius 3 is 2.43 bits per heavy atom. The van der Waals surface area contributed by atoms with Crippen LogP contribution >= 0.6 is 0 Å². The van der Waals surface area contributed by atoms with Gasteiger partial charge in [0.15, 0.2) is 6.17 Å². The number of nitrogens with zero attached hydrogens (tertiary/aromatic N) is 1. The highest BCUT2D eigenvalue weighted by atomic mass is 19.1. The number of ether oxygens (including phenoxy) is 1. The maximum absolute atomic E-state index is 13.3. The maximum atomic E-state index is 13.3. The van der Waals surface area contributed by atoms with Gasteiger partial charge in [0.05, 0.1) is 19.1 Å². The first-order valence-electron chi connectivity index (χ1n) is 12.0. The second kappa shape index (κ2) is 11.7. The molecular formula is C28H29FN4O4. The van der Waals surface area contributed by atoms with Crippen molar-refractivity contribution in [3.8, 4) is 5.75 Å². The molecule has 3 unspecified atom stereocenters. The van der Waals surface area contributed by atoms with Crippen LogP contribution in [-0.4, -0.2) is 43.6 Å². The lowest BCUT2D eigenvalue weighted by Gasteiger charge is -2.25. The number of para-hydroxylation sites is 1. The number of hydrogen-bond acceptors (Lipinski definition) is 5. The Labute approximate surface area is 214 Å². The summed E-state index contributed by atoms with van der Waals surface area (Å²) in [6.07, 6.45) is -1.01. The van der Waals surface area contributed by atoms with Gasteiger partial charge in [-0.3, -0.25) is 19.7 Å². The molecule has 3 aromatic carbocycles. The van der Waals surface area contributed by atoms with E-state index in [1.165, 1.54) is 29.2 Å². The fourth-order valence-electron chi connectivity index (χ4n) is 4.14. The molecule has 1 aliphatic rings. The van der Waals surface area contributed by atoms with E-state index in [1.54, 1.807) is 14.0 Å². The quantitative estimate of drug-likeness (QED) is 0.438. The molecule has 0 aliphatic carbocycles. The number of amides is 3. The Morgan fingerprint density at radius 1 is 1.03 bits per heavy atom. The van der Waals surface area contributed by atoms with E-state index in [2.05, 4.69) is 16.0 Å². The van der Waals surface area contributed by atoms with Crippen LogP contribution in [0.4, 0.5) is 10.1 Å². The van der Waals surface area contributed by atoms with Gasteiger partial charge >= 0.3 is 0 Å². The van der Waals surface area contributed by atoms with Crippen molar-refractivity contribution in [2.24, 2.45) is 0 Å². The lowest BCUT2D eigenvalue weighted by Crippen LogP contribution is -2.58. The summed E-state index contributed by atoms with van der Waals surface area (Å²) in [6, 6.07) is 21.5. The molecule has 4 rings (SSSR count). The number of halogens is 1. The topological polar surface area (TPSA) is 99.8 Å². The van der Waals surface area contributed by atoms with Gasteiger partial charge in [0.25, 0.3) is 5.91 Å². The van der Waals surface area contributed by atoms with Crippen LogP contribution < -0.4 is 25.6 Å². The second-order valence-corrected chi connectivity index (χ2v) is 8.75. The highest BCUT2D eigenvalue weighted by molar-refractivity contribution is 6.00. The fraction of sp³-hybridized carbons (Fsp3) is 0.250. The van der Waals surface area contributed by atoms with Crippen LogP contribution in [0.3, 0.4) is 0 Å². The van der Waals surface area contributed by atoms with E-state index < -0.39 is 24.0 Å². The molecule has 0 spiro atoms. The summed E-state index contributed by atoms with van der Waals surface area (Å²) in [5.74, 6) is -1.17.